The van der Waals surface area contributed by atoms with Gasteiger partial charge in [-0.05, 0) is 17.1 Å². The van der Waals surface area contributed by atoms with Crippen LogP contribution in [0.15, 0.2) is 16.3 Å². The Kier molecular flexibility index (Phi) is 6.02. The summed E-state index contributed by atoms with van der Waals surface area (Å²) in [6, 6.07) is 1.28. The SMILES string of the molecule is COC(=O)c1cc(S(=O)[O-])cs1.[Na+]. The maximum absolute atomic E-state index is 10.8. The second-order valence-electron chi connectivity index (χ2n) is 1.87. The quantitative estimate of drug-likeness (QED) is 0.326. The average Bonchev–Trinajstić information content (AvgIpc) is 2.51. The number of rotatable bonds is 2. The van der Waals surface area contributed by atoms with Crippen LogP contribution in [0.5, 0.6) is 0 Å². The first-order chi connectivity index (χ1) is 5.65. The molecule has 66 valence electrons. The molecule has 1 unspecified atom stereocenters. The fourth-order valence-electron chi connectivity index (χ4n) is 0.614. The molecule has 1 atom stereocenters. The molecule has 0 bridgehead atoms. The monoisotopic (exact) mass is 228 g/mol. The van der Waals surface area contributed by atoms with Crippen molar-refractivity contribution in [3.8, 4) is 0 Å². The number of hydrogen-bond donors (Lipinski definition) is 0. The van der Waals surface area contributed by atoms with E-state index in [1.165, 1.54) is 18.6 Å². The van der Waals surface area contributed by atoms with Gasteiger partial charge in [-0.1, -0.05) is 0 Å². The first kappa shape index (κ1) is 13.3. The molecule has 13 heavy (non-hydrogen) atoms. The van der Waals surface area contributed by atoms with Gasteiger partial charge >= 0.3 is 35.5 Å². The van der Waals surface area contributed by atoms with Gasteiger partial charge in [-0.15, -0.1) is 11.3 Å². The minimum absolute atomic E-state index is 0. The number of hydrogen-bond acceptors (Lipinski definition) is 5. The maximum atomic E-state index is 10.8. The molecule has 0 amide bonds. The average molecular weight is 228 g/mol. The molecule has 0 radical (unpaired) electrons. The van der Waals surface area contributed by atoms with Gasteiger partial charge in [0, 0.05) is 10.3 Å². The van der Waals surface area contributed by atoms with Gasteiger partial charge in [0.1, 0.15) is 4.88 Å². The summed E-state index contributed by atoms with van der Waals surface area (Å²) >= 11 is -1.23. The Hall–Kier alpha value is 0.280. The number of carbonyl (C=O) groups excluding carboxylic acids is 1. The van der Waals surface area contributed by atoms with Crippen molar-refractivity contribution in [2.45, 2.75) is 4.90 Å². The molecule has 1 aromatic rings. The summed E-state index contributed by atoms with van der Waals surface area (Å²) in [5.74, 6) is -0.517. The summed E-state index contributed by atoms with van der Waals surface area (Å²) < 4.78 is 25.2. The number of thiophene rings is 1. The Balaban J connectivity index is 0.00000144. The van der Waals surface area contributed by atoms with Crippen molar-refractivity contribution in [3.63, 3.8) is 0 Å². The van der Waals surface area contributed by atoms with Crippen LogP contribution in [0.4, 0.5) is 0 Å². The summed E-state index contributed by atoms with van der Waals surface area (Å²) in [6.45, 7) is 0. The fraction of sp³-hybridized carbons (Fsp3) is 0.167. The molecule has 1 heterocycles. The van der Waals surface area contributed by atoms with E-state index in [0.717, 1.165) is 11.3 Å². The molecular weight excluding hydrogens is 223 g/mol. The number of methoxy groups -OCH3 is 1. The Morgan fingerprint density at radius 1 is 1.69 bits per heavy atom. The predicted molar refractivity (Wildman–Crippen MR) is 42.8 cm³/mol. The van der Waals surface area contributed by atoms with Gasteiger partial charge in [0.25, 0.3) is 0 Å². The topological polar surface area (TPSA) is 66.4 Å². The molecule has 0 aromatic carbocycles. The summed E-state index contributed by atoms with van der Waals surface area (Å²) in [5.41, 5.74) is 0. The Labute approximate surface area is 104 Å². The van der Waals surface area contributed by atoms with E-state index >= 15 is 0 Å². The molecule has 0 aliphatic heterocycles. The maximum Gasteiger partial charge on any atom is 1.00 e. The van der Waals surface area contributed by atoms with Gasteiger partial charge in [-0.2, -0.15) is 0 Å². The Morgan fingerprint density at radius 2 is 2.31 bits per heavy atom. The van der Waals surface area contributed by atoms with Crippen LogP contribution in [-0.2, 0) is 15.8 Å². The number of esters is 1. The van der Waals surface area contributed by atoms with Crippen LogP contribution in [0.3, 0.4) is 0 Å². The van der Waals surface area contributed by atoms with Crippen molar-refractivity contribution < 1.29 is 47.9 Å². The normalized spacial score (nSPS) is 11.5. The zero-order chi connectivity index (χ0) is 9.14. The molecule has 0 saturated carbocycles. The Bertz CT molecular complexity index is 322. The summed E-state index contributed by atoms with van der Waals surface area (Å²) in [6.07, 6.45) is 0. The van der Waals surface area contributed by atoms with E-state index in [1.54, 1.807) is 0 Å². The minimum Gasteiger partial charge on any atom is -0.768 e. The largest absolute Gasteiger partial charge is 1.00 e. The van der Waals surface area contributed by atoms with Crippen molar-refractivity contribution in [1.82, 2.24) is 0 Å². The van der Waals surface area contributed by atoms with E-state index in [1.807, 2.05) is 0 Å². The van der Waals surface area contributed by atoms with Crippen molar-refractivity contribution >= 4 is 28.4 Å². The summed E-state index contributed by atoms with van der Waals surface area (Å²) in [4.78, 5) is 11.2. The summed E-state index contributed by atoms with van der Waals surface area (Å²) in [7, 11) is 1.25. The fourth-order valence-corrected chi connectivity index (χ4v) is 2.05. The smallest absolute Gasteiger partial charge is 0.768 e. The van der Waals surface area contributed by atoms with Crippen LogP contribution in [0.1, 0.15) is 9.67 Å². The molecule has 0 aliphatic carbocycles. The molecule has 7 heteroatoms. The first-order valence-electron chi connectivity index (χ1n) is 2.91. The van der Waals surface area contributed by atoms with Crippen LogP contribution in [-0.4, -0.2) is 21.8 Å². The molecule has 0 fully saturated rings. The third-order valence-electron chi connectivity index (χ3n) is 1.15. The zero-order valence-corrected chi connectivity index (χ0v) is 10.7. The molecule has 0 N–H and O–H groups in total. The van der Waals surface area contributed by atoms with E-state index in [4.69, 9.17) is 0 Å². The zero-order valence-electron chi connectivity index (χ0n) is 7.10. The predicted octanol–water partition coefficient (Wildman–Crippen LogP) is -2.22. The van der Waals surface area contributed by atoms with Crippen molar-refractivity contribution in [2.75, 3.05) is 7.11 Å². The van der Waals surface area contributed by atoms with E-state index in [0.29, 0.717) is 0 Å². The molecule has 0 saturated heterocycles. The number of ether oxygens (including phenoxy) is 1. The Morgan fingerprint density at radius 3 is 2.69 bits per heavy atom. The van der Waals surface area contributed by atoms with Gasteiger partial charge in [-0.3, -0.25) is 4.21 Å². The van der Waals surface area contributed by atoms with E-state index < -0.39 is 17.0 Å². The van der Waals surface area contributed by atoms with Crippen molar-refractivity contribution in [3.05, 3.63) is 16.3 Å². The molecule has 0 spiro atoms. The molecular formula is C6H5NaO4S2. The minimum atomic E-state index is -2.27. The second kappa shape index (κ2) is 5.90. The molecule has 1 rings (SSSR count). The third-order valence-corrected chi connectivity index (χ3v) is 2.83. The van der Waals surface area contributed by atoms with Crippen LogP contribution in [0, 0.1) is 0 Å². The van der Waals surface area contributed by atoms with E-state index in [-0.39, 0.29) is 39.3 Å². The second-order valence-corrected chi connectivity index (χ2v) is 3.73. The van der Waals surface area contributed by atoms with Gasteiger partial charge in [0.05, 0.1) is 7.11 Å². The molecule has 1 aromatic heterocycles. The third kappa shape index (κ3) is 3.49. The van der Waals surface area contributed by atoms with Crippen LogP contribution in [0.2, 0.25) is 0 Å². The van der Waals surface area contributed by atoms with Gasteiger partial charge in [0.15, 0.2) is 0 Å². The van der Waals surface area contributed by atoms with Crippen molar-refractivity contribution in [1.29, 1.82) is 0 Å². The van der Waals surface area contributed by atoms with Gasteiger partial charge in [-0.25, -0.2) is 4.79 Å². The molecule has 0 aliphatic rings. The van der Waals surface area contributed by atoms with Crippen molar-refractivity contribution in [2.24, 2.45) is 0 Å². The van der Waals surface area contributed by atoms with Crippen LogP contribution >= 0.6 is 11.3 Å². The number of carbonyl (C=O) groups is 1. The standard InChI is InChI=1S/C6H6O4S2.Na/c1-10-6(7)5-2-4(3-11-5)12(8)9;/h2-3H,1H3,(H,8,9);/q;+1/p-1. The van der Waals surface area contributed by atoms with Crippen LogP contribution in [0.25, 0.3) is 0 Å². The first-order valence-corrected chi connectivity index (χ1v) is 4.86. The molecule has 4 nitrogen and oxygen atoms in total. The van der Waals surface area contributed by atoms with E-state index in [2.05, 4.69) is 4.74 Å². The summed E-state index contributed by atoms with van der Waals surface area (Å²) in [5, 5.41) is 1.38. The van der Waals surface area contributed by atoms with Crippen LogP contribution < -0.4 is 29.6 Å². The van der Waals surface area contributed by atoms with Gasteiger partial charge in [0.2, 0.25) is 0 Å². The van der Waals surface area contributed by atoms with E-state index in [9.17, 15) is 13.6 Å². The van der Waals surface area contributed by atoms with Gasteiger partial charge < -0.3 is 9.29 Å².